The molecule has 1 aromatic carbocycles. The summed E-state index contributed by atoms with van der Waals surface area (Å²) < 4.78 is 10.5. The number of anilines is 1. The van der Waals surface area contributed by atoms with E-state index in [0.29, 0.717) is 12.2 Å². The highest BCUT2D eigenvalue weighted by atomic mass is 16.6. The quantitative estimate of drug-likeness (QED) is 0.587. The number of nitrogen functional groups attached to an aromatic ring is 1. The van der Waals surface area contributed by atoms with E-state index in [4.69, 9.17) is 15.2 Å². The highest BCUT2D eigenvalue weighted by Gasteiger charge is 2.28. The molecule has 15 heavy (non-hydrogen) atoms. The number of epoxide rings is 2. The first-order valence-corrected chi connectivity index (χ1v) is 5.34. The van der Waals surface area contributed by atoms with E-state index >= 15 is 0 Å². The Morgan fingerprint density at radius 2 is 1.93 bits per heavy atom. The van der Waals surface area contributed by atoms with Crippen LogP contribution in [0.5, 0.6) is 0 Å². The summed E-state index contributed by atoms with van der Waals surface area (Å²) in [5.41, 5.74) is 9.24. The van der Waals surface area contributed by atoms with Gasteiger partial charge in [-0.05, 0) is 23.3 Å². The van der Waals surface area contributed by atoms with E-state index in [1.165, 1.54) is 11.1 Å². The molecule has 2 saturated heterocycles. The van der Waals surface area contributed by atoms with Crippen LogP contribution in [0.1, 0.15) is 11.1 Å². The van der Waals surface area contributed by atoms with Crippen LogP contribution in [0.3, 0.4) is 0 Å². The van der Waals surface area contributed by atoms with Gasteiger partial charge in [0.2, 0.25) is 0 Å². The van der Waals surface area contributed by atoms with Crippen molar-refractivity contribution < 1.29 is 9.47 Å². The molecule has 0 aliphatic carbocycles. The monoisotopic (exact) mass is 204 g/mol. The van der Waals surface area contributed by atoms with Crippen molar-refractivity contribution in [1.82, 2.24) is 0 Å². The lowest BCUT2D eigenvalue weighted by Gasteiger charge is -2.09. The van der Waals surface area contributed by atoms with E-state index in [1.54, 1.807) is 0 Å². The molecule has 79 valence electrons. The molecular weight excluding hydrogens is 190 g/mol. The molecule has 3 nitrogen and oxygen atoms in total. The van der Waals surface area contributed by atoms with E-state index in [-0.39, 0.29) is 0 Å². The highest BCUT2D eigenvalue weighted by molar-refractivity contribution is 5.51. The van der Waals surface area contributed by atoms with Gasteiger partial charge in [-0.2, -0.15) is 0 Å². The lowest BCUT2D eigenvalue weighted by molar-refractivity contribution is 0.401. The number of hydrogen-bond donors (Lipinski definition) is 1. The molecule has 0 amide bonds. The van der Waals surface area contributed by atoms with E-state index in [1.807, 2.05) is 12.1 Å². The van der Waals surface area contributed by atoms with E-state index in [0.717, 1.165) is 31.7 Å². The lowest BCUT2D eigenvalue weighted by atomic mass is 9.97. The molecule has 2 N–H and O–H groups in total. The Balaban J connectivity index is 1.84. The Bertz CT molecular complexity index is 370. The van der Waals surface area contributed by atoms with Crippen molar-refractivity contribution in [3.63, 3.8) is 0 Å². The SMILES string of the molecule is Nc1cc[c]c(CC2CO2)c1CC1CO1. The molecule has 2 heterocycles. The van der Waals surface area contributed by atoms with E-state index in [9.17, 15) is 0 Å². The van der Waals surface area contributed by atoms with Gasteiger partial charge in [-0.25, -0.2) is 0 Å². The second-order valence-electron chi connectivity index (χ2n) is 4.21. The maximum Gasteiger partial charge on any atom is 0.0851 e. The van der Waals surface area contributed by atoms with Gasteiger partial charge in [0.15, 0.2) is 0 Å². The summed E-state index contributed by atoms with van der Waals surface area (Å²) >= 11 is 0. The average Bonchev–Trinajstić information content (AvgIpc) is 3.06. The van der Waals surface area contributed by atoms with Crippen molar-refractivity contribution >= 4 is 5.69 Å². The van der Waals surface area contributed by atoms with E-state index < -0.39 is 0 Å². The third kappa shape index (κ3) is 2.13. The standard InChI is InChI=1S/C12H14NO2/c13-12-3-1-2-8(4-9-6-14-9)11(12)5-10-7-15-10/h1,3,9-10H,4-7,13H2. The zero-order chi connectivity index (χ0) is 10.3. The average molecular weight is 204 g/mol. The van der Waals surface area contributed by atoms with Gasteiger partial charge in [-0.15, -0.1) is 0 Å². The second kappa shape index (κ2) is 3.51. The molecule has 1 aromatic rings. The van der Waals surface area contributed by atoms with Gasteiger partial charge in [0.25, 0.3) is 0 Å². The van der Waals surface area contributed by atoms with Crippen LogP contribution in [0, 0.1) is 6.07 Å². The van der Waals surface area contributed by atoms with Gasteiger partial charge in [0, 0.05) is 18.5 Å². The number of benzene rings is 1. The molecule has 0 saturated carbocycles. The second-order valence-corrected chi connectivity index (χ2v) is 4.21. The molecule has 1 radical (unpaired) electrons. The molecule has 3 rings (SSSR count). The van der Waals surface area contributed by atoms with Crippen LogP contribution >= 0.6 is 0 Å². The molecule has 2 fully saturated rings. The van der Waals surface area contributed by atoms with Gasteiger partial charge in [-0.1, -0.05) is 6.07 Å². The Morgan fingerprint density at radius 3 is 2.60 bits per heavy atom. The van der Waals surface area contributed by atoms with Crippen molar-refractivity contribution in [2.45, 2.75) is 25.0 Å². The zero-order valence-corrected chi connectivity index (χ0v) is 8.53. The third-order valence-electron chi connectivity index (χ3n) is 2.90. The van der Waals surface area contributed by atoms with Gasteiger partial charge < -0.3 is 15.2 Å². The summed E-state index contributed by atoms with van der Waals surface area (Å²) in [5, 5.41) is 0. The van der Waals surface area contributed by atoms with E-state index in [2.05, 4.69) is 6.07 Å². The summed E-state index contributed by atoms with van der Waals surface area (Å²) in [4.78, 5) is 0. The summed E-state index contributed by atoms with van der Waals surface area (Å²) in [6.07, 6.45) is 2.63. The Hall–Kier alpha value is -1.06. The van der Waals surface area contributed by atoms with Crippen molar-refractivity contribution in [2.24, 2.45) is 0 Å². The molecule has 2 unspecified atom stereocenters. The first-order chi connectivity index (χ1) is 7.33. The fourth-order valence-corrected chi connectivity index (χ4v) is 1.84. The molecule has 0 bridgehead atoms. The van der Waals surface area contributed by atoms with Crippen molar-refractivity contribution in [3.05, 3.63) is 29.3 Å². The molecule has 2 atom stereocenters. The van der Waals surface area contributed by atoms with Gasteiger partial charge in [0.1, 0.15) is 0 Å². The Labute approximate surface area is 89.2 Å². The predicted octanol–water partition coefficient (Wildman–Crippen LogP) is 0.952. The van der Waals surface area contributed by atoms with Crippen molar-refractivity contribution in [3.8, 4) is 0 Å². The normalized spacial score (nSPS) is 27.7. The molecule has 3 heteroatoms. The number of hydrogen-bond acceptors (Lipinski definition) is 3. The van der Waals surface area contributed by atoms with Crippen LogP contribution in [0.25, 0.3) is 0 Å². The van der Waals surface area contributed by atoms with Crippen LogP contribution in [-0.4, -0.2) is 25.4 Å². The minimum atomic E-state index is 0.377. The number of ether oxygens (including phenoxy) is 2. The zero-order valence-electron chi connectivity index (χ0n) is 8.53. The summed E-state index contributed by atoms with van der Waals surface area (Å²) in [6, 6.07) is 7.07. The molecule has 0 aromatic heterocycles. The van der Waals surface area contributed by atoms with Crippen LogP contribution in [-0.2, 0) is 22.3 Å². The van der Waals surface area contributed by atoms with Crippen molar-refractivity contribution in [1.29, 1.82) is 0 Å². The molecule has 0 spiro atoms. The minimum Gasteiger partial charge on any atom is -0.398 e. The topological polar surface area (TPSA) is 51.1 Å². The third-order valence-corrected chi connectivity index (χ3v) is 2.90. The van der Waals surface area contributed by atoms with Crippen molar-refractivity contribution in [2.75, 3.05) is 18.9 Å². The maximum absolute atomic E-state index is 5.98. The van der Waals surface area contributed by atoms with Crippen LogP contribution < -0.4 is 5.73 Å². The number of rotatable bonds is 4. The predicted molar refractivity (Wildman–Crippen MR) is 56.6 cm³/mol. The smallest absolute Gasteiger partial charge is 0.0851 e. The molecule has 2 aliphatic rings. The summed E-state index contributed by atoms with van der Waals surface area (Å²) in [7, 11) is 0. The highest BCUT2D eigenvalue weighted by Crippen LogP contribution is 2.26. The number of nitrogens with two attached hydrogens (primary N) is 1. The van der Waals surface area contributed by atoms with Crippen LogP contribution in [0.15, 0.2) is 12.1 Å². The maximum atomic E-state index is 5.98. The minimum absolute atomic E-state index is 0.377. The first kappa shape index (κ1) is 9.19. The van der Waals surface area contributed by atoms with Crippen LogP contribution in [0.4, 0.5) is 5.69 Å². The van der Waals surface area contributed by atoms with Gasteiger partial charge in [0.05, 0.1) is 25.4 Å². The Kier molecular flexibility index (Phi) is 2.15. The summed E-state index contributed by atoms with van der Waals surface area (Å²) in [6.45, 7) is 1.75. The van der Waals surface area contributed by atoms with Gasteiger partial charge >= 0.3 is 0 Å². The Morgan fingerprint density at radius 1 is 1.27 bits per heavy atom. The van der Waals surface area contributed by atoms with Crippen LogP contribution in [0.2, 0.25) is 0 Å². The largest absolute Gasteiger partial charge is 0.398 e. The van der Waals surface area contributed by atoms with Gasteiger partial charge in [-0.3, -0.25) is 0 Å². The lowest BCUT2D eigenvalue weighted by Crippen LogP contribution is -2.06. The fraction of sp³-hybridized carbons (Fsp3) is 0.500. The first-order valence-electron chi connectivity index (χ1n) is 5.34. The molecule has 2 aliphatic heterocycles. The molecular formula is C12H14NO2. The summed E-state index contributed by atoms with van der Waals surface area (Å²) in [5.74, 6) is 0. The fourth-order valence-electron chi connectivity index (χ4n) is 1.84.